The number of rotatable bonds is 5. The molecule has 0 unspecified atom stereocenters. The van der Waals surface area contributed by atoms with Gasteiger partial charge >= 0.3 is 0 Å². The van der Waals surface area contributed by atoms with Crippen molar-refractivity contribution in [2.75, 3.05) is 11.9 Å². The maximum absolute atomic E-state index is 12.0. The second kappa shape index (κ2) is 7.02. The smallest absolute Gasteiger partial charge is 0.262 e. The maximum atomic E-state index is 12.0. The van der Waals surface area contributed by atoms with Crippen LogP contribution in [0.1, 0.15) is 25.0 Å². The lowest BCUT2D eigenvalue weighted by Gasteiger charge is -2.18. The lowest BCUT2D eigenvalue weighted by atomic mass is 9.99. The number of amides is 1. The highest BCUT2D eigenvalue weighted by Gasteiger charge is 2.15. The Morgan fingerprint density at radius 1 is 1.22 bits per heavy atom. The molecule has 0 heterocycles. The number of hydrogen-bond acceptors (Lipinski definition) is 3. The van der Waals surface area contributed by atoms with Crippen LogP contribution in [0, 0.1) is 6.92 Å². The van der Waals surface area contributed by atoms with E-state index in [0.717, 1.165) is 11.1 Å². The van der Waals surface area contributed by atoms with Gasteiger partial charge in [0, 0.05) is 0 Å². The summed E-state index contributed by atoms with van der Waals surface area (Å²) in [6, 6.07) is 12.4. The van der Waals surface area contributed by atoms with Gasteiger partial charge in [-0.05, 0) is 50.1 Å². The van der Waals surface area contributed by atoms with Crippen LogP contribution in [0.5, 0.6) is 5.75 Å². The Balaban J connectivity index is 1.94. The number of aliphatic hydroxyl groups is 1. The average molecular weight is 334 g/mol. The first-order valence-corrected chi connectivity index (χ1v) is 7.66. The van der Waals surface area contributed by atoms with Gasteiger partial charge < -0.3 is 15.2 Å². The quantitative estimate of drug-likeness (QED) is 0.872. The van der Waals surface area contributed by atoms with Gasteiger partial charge in [-0.2, -0.15) is 0 Å². The van der Waals surface area contributed by atoms with Crippen LogP contribution < -0.4 is 10.1 Å². The number of aryl methyl sites for hydroxylation is 1. The van der Waals surface area contributed by atoms with E-state index in [1.54, 1.807) is 44.2 Å². The predicted octanol–water partition coefficient (Wildman–Crippen LogP) is 3.89. The molecular formula is C18H20ClNO3. The van der Waals surface area contributed by atoms with Crippen LogP contribution in [0.3, 0.4) is 0 Å². The van der Waals surface area contributed by atoms with Crippen LogP contribution in [0.2, 0.25) is 5.02 Å². The van der Waals surface area contributed by atoms with Crippen molar-refractivity contribution in [1.82, 2.24) is 0 Å². The summed E-state index contributed by atoms with van der Waals surface area (Å²) < 4.78 is 5.45. The molecule has 0 atom stereocenters. The molecule has 23 heavy (non-hydrogen) atoms. The number of hydrogen-bond donors (Lipinski definition) is 2. The molecule has 0 saturated carbocycles. The van der Waals surface area contributed by atoms with Gasteiger partial charge in [0.15, 0.2) is 6.61 Å². The van der Waals surface area contributed by atoms with Gasteiger partial charge in [-0.25, -0.2) is 0 Å². The summed E-state index contributed by atoms with van der Waals surface area (Å²) >= 11 is 6.07. The van der Waals surface area contributed by atoms with Gasteiger partial charge in [0.05, 0.1) is 16.3 Å². The van der Waals surface area contributed by atoms with Crippen LogP contribution in [0.4, 0.5) is 5.69 Å². The normalized spacial score (nSPS) is 11.2. The molecule has 0 aliphatic rings. The van der Waals surface area contributed by atoms with Gasteiger partial charge in [-0.3, -0.25) is 4.79 Å². The van der Waals surface area contributed by atoms with E-state index >= 15 is 0 Å². The number of ether oxygens (including phenoxy) is 1. The molecule has 5 heteroatoms. The van der Waals surface area contributed by atoms with E-state index in [0.29, 0.717) is 16.5 Å². The minimum Gasteiger partial charge on any atom is -0.484 e. The third-order valence-electron chi connectivity index (χ3n) is 3.42. The van der Waals surface area contributed by atoms with Crippen molar-refractivity contribution in [1.29, 1.82) is 0 Å². The van der Waals surface area contributed by atoms with E-state index in [4.69, 9.17) is 16.3 Å². The van der Waals surface area contributed by atoms with Crippen molar-refractivity contribution < 1.29 is 14.6 Å². The van der Waals surface area contributed by atoms with Crippen molar-refractivity contribution in [3.8, 4) is 5.75 Å². The maximum Gasteiger partial charge on any atom is 0.262 e. The number of benzene rings is 2. The Hall–Kier alpha value is -2.04. The summed E-state index contributed by atoms with van der Waals surface area (Å²) in [5.41, 5.74) is 1.36. The number of carbonyl (C=O) groups excluding carboxylic acids is 1. The number of anilines is 1. The minimum atomic E-state index is -0.905. The molecule has 0 saturated heterocycles. The van der Waals surface area contributed by atoms with E-state index in [1.807, 2.05) is 19.1 Å². The molecule has 2 aromatic rings. The topological polar surface area (TPSA) is 58.6 Å². The second-order valence-electron chi connectivity index (χ2n) is 5.85. The van der Waals surface area contributed by atoms with Crippen LogP contribution in [0.25, 0.3) is 0 Å². The fraction of sp³-hybridized carbons (Fsp3) is 0.278. The molecule has 2 N–H and O–H groups in total. The Bertz CT molecular complexity index is 670. The van der Waals surface area contributed by atoms with Crippen molar-refractivity contribution in [3.63, 3.8) is 0 Å². The zero-order valence-electron chi connectivity index (χ0n) is 13.4. The van der Waals surface area contributed by atoms with Crippen LogP contribution in [-0.2, 0) is 10.4 Å². The van der Waals surface area contributed by atoms with E-state index in [1.165, 1.54) is 0 Å². The summed E-state index contributed by atoms with van der Waals surface area (Å²) in [6.07, 6.45) is 0. The highest BCUT2D eigenvalue weighted by molar-refractivity contribution is 6.33. The fourth-order valence-corrected chi connectivity index (χ4v) is 2.34. The molecule has 122 valence electrons. The Kier molecular flexibility index (Phi) is 5.29. The monoisotopic (exact) mass is 333 g/mol. The number of para-hydroxylation sites is 1. The molecule has 0 radical (unpaired) electrons. The van der Waals surface area contributed by atoms with E-state index in [9.17, 15) is 9.90 Å². The number of nitrogens with one attached hydrogen (secondary N) is 1. The Labute approximate surface area is 141 Å². The Morgan fingerprint density at radius 3 is 2.43 bits per heavy atom. The first-order valence-electron chi connectivity index (χ1n) is 7.28. The molecular weight excluding hydrogens is 314 g/mol. The number of halogens is 1. The van der Waals surface area contributed by atoms with E-state index < -0.39 is 5.60 Å². The molecule has 0 aromatic heterocycles. The van der Waals surface area contributed by atoms with Crippen molar-refractivity contribution in [2.24, 2.45) is 0 Å². The molecule has 1 amide bonds. The largest absolute Gasteiger partial charge is 0.484 e. The van der Waals surface area contributed by atoms with Gasteiger partial charge in [-0.1, -0.05) is 35.9 Å². The van der Waals surface area contributed by atoms with Crippen molar-refractivity contribution >= 4 is 23.2 Å². The van der Waals surface area contributed by atoms with Gasteiger partial charge in [-0.15, -0.1) is 0 Å². The highest BCUT2D eigenvalue weighted by Crippen LogP contribution is 2.25. The fourth-order valence-electron chi connectivity index (χ4n) is 2.07. The first kappa shape index (κ1) is 17.3. The molecule has 0 spiro atoms. The molecule has 0 fully saturated rings. The van der Waals surface area contributed by atoms with E-state index in [2.05, 4.69) is 5.32 Å². The molecule has 2 aromatic carbocycles. The summed E-state index contributed by atoms with van der Waals surface area (Å²) in [5, 5.41) is 13.1. The van der Waals surface area contributed by atoms with Crippen LogP contribution >= 0.6 is 11.6 Å². The van der Waals surface area contributed by atoms with Crippen molar-refractivity contribution in [2.45, 2.75) is 26.4 Å². The molecule has 0 aliphatic carbocycles. The van der Waals surface area contributed by atoms with Gasteiger partial charge in [0.25, 0.3) is 5.91 Å². The zero-order chi connectivity index (χ0) is 17.0. The van der Waals surface area contributed by atoms with Crippen LogP contribution in [-0.4, -0.2) is 17.6 Å². The lowest BCUT2D eigenvalue weighted by Crippen LogP contribution is -2.21. The minimum absolute atomic E-state index is 0.119. The lowest BCUT2D eigenvalue weighted by molar-refractivity contribution is -0.118. The summed E-state index contributed by atoms with van der Waals surface area (Å²) in [7, 11) is 0. The van der Waals surface area contributed by atoms with Crippen LogP contribution in [0.15, 0.2) is 42.5 Å². The predicted molar refractivity (Wildman–Crippen MR) is 92.0 cm³/mol. The summed E-state index contributed by atoms with van der Waals surface area (Å²) in [6.45, 7) is 5.18. The summed E-state index contributed by atoms with van der Waals surface area (Å²) in [5.74, 6) is 0.275. The Morgan fingerprint density at radius 2 is 1.87 bits per heavy atom. The molecule has 4 nitrogen and oxygen atoms in total. The first-order chi connectivity index (χ1) is 10.8. The van der Waals surface area contributed by atoms with Crippen molar-refractivity contribution in [3.05, 3.63) is 58.6 Å². The second-order valence-corrected chi connectivity index (χ2v) is 6.26. The SMILES string of the molecule is Cc1cccc(Cl)c1NC(=O)COc1ccc(C(C)(C)O)cc1. The van der Waals surface area contributed by atoms with Gasteiger partial charge in [0.1, 0.15) is 5.75 Å². The average Bonchev–Trinajstić information content (AvgIpc) is 2.48. The van der Waals surface area contributed by atoms with E-state index in [-0.39, 0.29) is 12.5 Å². The zero-order valence-corrected chi connectivity index (χ0v) is 14.1. The molecule has 2 rings (SSSR count). The third-order valence-corrected chi connectivity index (χ3v) is 3.73. The highest BCUT2D eigenvalue weighted by atomic mass is 35.5. The summed E-state index contributed by atoms with van der Waals surface area (Å²) in [4.78, 5) is 12.0. The van der Waals surface area contributed by atoms with Gasteiger partial charge in [0.2, 0.25) is 0 Å². The number of carbonyl (C=O) groups is 1. The standard InChI is InChI=1S/C18H20ClNO3/c1-12-5-4-6-15(19)17(12)20-16(21)11-23-14-9-7-13(8-10-14)18(2,3)22/h4-10,22H,11H2,1-3H3,(H,20,21). The third kappa shape index (κ3) is 4.71. The molecule has 0 aliphatic heterocycles. The molecule has 0 bridgehead atoms.